The van der Waals surface area contributed by atoms with E-state index in [9.17, 15) is 4.79 Å². The minimum Gasteiger partial charge on any atom is -0.494 e. The summed E-state index contributed by atoms with van der Waals surface area (Å²) >= 11 is 0. The van der Waals surface area contributed by atoms with Gasteiger partial charge in [0.2, 0.25) is 0 Å². The van der Waals surface area contributed by atoms with Gasteiger partial charge in [-0.25, -0.2) is 4.79 Å². The molecule has 0 saturated carbocycles. The van der Waals surface area contributed by atoms with Crippen molar-refractivity contribution in [1.29, 1.82) is 0 Å². The van der Waals surface area contributed by atoms with Crippen LogP contribution in [0.2, 0.25) is 0 Å². The number of aryl methyl sites for hydroxylation is 1. The predicted molar refractivity (Wildman–Crippen MR) is 74.5 cm³/mol. The highest BCUT2D eigenvalue weighted by Crippen LogP contribution is 2.32. The van der Waals surface area contributed by atoms with Gasteiger partial charge in [-0.15, -0.1) is 0 Å². The molecule has 0 aliphatic heterocycles. The van der Waals surface area contributed by atoms with Crippen LogP contribution in [0.1, 0.15) is 36.7 Å². The Labute approximate surface area is 108 Å². The summed E-state index contributed by atoms with van der Waals surface area (Å²) in [6.45, 7) is 11.2. The zero-order valence-corrected chi connectivity index (χ0v) is 11.6. The third kappa shape index (κ3) is 3.80. The fourth-order valence-corrected chi connectivity index (χ4v) is 1.49. The van der Waals surface area contributed by atoms with Crippen molar-refractivity contribution in [3.63, 3.8) is 0 Å². The first kappa shape index (κ1) is 16.0. The average Bonchev–Trinajstić information content (AvgIpc) is 2.32. The number of allylic oxidation sites excluding steroid dienone is 1. The van der Waals surface area contributed by atoms with Crippen LogP contribution >= 0.6 is 0 Å². The molecule has 0 aliphatic carbocycles. The van der Waals surface area contributed by atoms with Crippen LogP contribution in [0.4, 0.5) is 5.69 Å². The lowest BCUT2D eigenvalue weighted by atomic mass is 10.1. The largest absolute Gasteiger partial charge is 0.494 e. The summed E-state index contributed by atoms with van der Waals surface area (Å²) in [6, 6.07) is 3.51. The van der Waals surface area contributed by atoms with Gasteiger partial charge in [0.05, 0.1) is 12.8 Å². The van der Waals surface area contributed by atoms with Crippen molar-refractivity contribution >= 4 is 11.7 Å². The first-order chi connectivity index (χ1) is 8.47. The van der Waals surface area contributed by atoms with E-state index in [2.05, 4.69) is 11.9 Å². The van der Waals surface area contributed by atoms with E-state index in [0.717, 1.165) is 5.70 Å². The van der Waals surface area contributed by atoms with Crippen molar-refractivity contribution < 1.29 is 14.6 Å². The van der Waals surface area contributed by atoms with Crippen molar-refractivity contribution in [2.75, 3.05) is 12.4 Å². The monoisotopic (exact) mass is 251 g/mol. The first-order valence-corrected chi connectivity index (χ1v) is 5.80. The number of nitrogens with one attached hydrogen (secondary N) is 1. The Balaban J connectivity index is 0.00000137. The van der Waals surface area contributed by atoms with Gasteiger partial charge in [0, 0.05) is 5.70 Å². The third-order valence-electron chi connectivity index (χ3n) is 2.13. The fraction of sp³-hybridized carbons (Fsp3) is 0.357. The van der Waals surface area contributed by atoms with E-state index < -0.39 is 5.97 Å². The Morgan fingerprint density at radius 2 is 1.94 bits per heavy atom. The second-order valence-corrected chi connectivity index (χ2v) is 3.55. The number of anilines is 1. The molecule has 0 atom stereocenters. The van der Waals surface area contributed by atoms with Gasteiger partial charge in [0.1, 0.15) is 5.56 Å². The highest BCUT2D eigenvalue weighted by molar-refractivity contribution is 5.95. The molecule has 2 N–H and O–H groups in total. The summed E-state index contributed by atoms with van der Waals surface area (Å²) in [5.74, 6) is -0.671. The summed E-state index contributed by atoms with van der Waals surface area (Å²) in [5.41, 5.74) is 2.17. The summed E-state index contributed by atoms with van der Waals surface area (Å²) in [4.78, 5) is 11.1. The van der Waals surface area contributed by atoms with Gasteiger partial charge < -0.3 is 15.2 Å². The molecule has 0 bridgehead atoms. The van der Waals surface area contributed by atoms with Crippen LogP contribution in [-0.4, -0.2) is 18.2 Å². The molecule has 0 radical (unpaired) electrons. The van der Waals surface area contributed by atoms with Crippen LogP contribution in [0.15, 0.2) is 24.4 Å². The topological polar surface area (TPSA) is 58.6 Å². The summed E-state index contributed by atoms with van der Waals surface area (Å²) in [7, 11) is 1.45. The minimum absolute atomic E-state index is 0.175. The number of carboxylic acids is 1. The molecule has 1 rings (SSSR count). The van der Waals surface area contributed by atoms with Gasteiger partial charge in [-0.05, 0) is 25.5 Å². The van der Waals surface area contributed by atoms with Crippen molar-refractivity contribution in [3.05, 3.63) is 35.5 Å². The smallest absolute Gasteiger partial charge is 0.339 e. The number of aromatic carboxylic acids is 1. The lowest BCUT2D eigenvalue weighted by Crippen LogP contribution is -2.06. The van der Waals surface area contributed by atoms with E-state index in [0.29, 0.717) is 17.0 Å². The van der Waals surface area contributed by atoms with Gasteiger partial charge in [-0.2, -0.15) is 0 Å². The minimum atomic E-state index is -1.00. The highest BCUT2D eigenvalue weighted by atomic mass is 16.5. The maximum Gasteiger partial charge on any atom is 0.339 e. The normalized spacial score (nSPS) is 8.94. The van der Waals surface area contributed by atoms with E-state index in [1.165, 1.54) is 7.11 Å². The molecular weight excluding hydrogens is 230 g/mol. The summed E-state index contributed by atoms with van der Waals surface area (Å²) in [6.07, 6.45) is 0. The fourth-order valence-electron chi connectivity index (χ4n) is 1.49. The number of methoxy groups -OCH3 is 1. The number of benzene rings is 1. The van der Waals surface area contributed by atoms with Crippen LogP contribution in [0.25, 0.3) is 0 Å². The molecule has 1 aromatic carbocycles. The number of rotatable bonds is 4. The Kier molecular flexibility index (Phi) is 6.57. The molecule has 0 aromatic heterocycles. The van der Waals surface area contributed by atoms with E-state index in [1.807, 2.05) is 13.8 Å². The van der Waals surface area contributed by atoms with Crippen molar-refractivity contribution in [3.8, 4) is 5.75 Å². The quantitative estimate of drug-likeness (QED) is 0.857. The molecular formula is C14H21NO3. The van der Waals surface area contributed by atoms with Crippen LogP contribution in [-0.2, 0) is 0 Å². The first-order valence-electron chi connectivity index (χ1n) is 5.80. The maximum atomic E-state index is 11.1. The molecule has 0 saturated heterocycles. The third-order valence-corrected chi connectivity index (χ3v) is 2.13. The van der Waals surface area contributed by atoms with E-state index >= 15 is 0 Å². The van der Waals surface area contributed by atoms with Gasteiger partial charge in [-0.3, -0.25) is 0 Å². The highest BCUT2D eigenvalue weighted by Gasteiger charge is 2.17. The van der Waals surface area contributed by atoms with Crippen molar-refractivity contribution in [1.82, 2.24) is 0 Å². The van der Waals surface area contributed by atoms with Crippen LogP contribution in [0.5, 0.6) is 5.75 Å². The zero-order chi connectivity index (χ0) is 14.3. The molecule has 0 amide bonds. The standard InChI is InChI=1S/C12H15NO3.C2H6/c1-7(2)13-9-6-5-8(3)10(12(14)15)11(9)16-4;1-2/h5-6,13H,1H2,2-4H3,(H,14,15);1-2H3. The Morgan fingerprint density at radius 1 is 1.39 bits per heavy atom. The molecule has 100 valence electrons. The lowest BCUT2D eigenvalue weighted by Gasteiger charge is -2.14. The predicted octanol–water partition coefficient (Wildman–Crippen LogP) is 3.67. The number of hydrogen-bond acceptors (Lipinski definition) is 3. The van der Waals surface area contributed by atoms with E-state index in [4.69, 9.17) is 9.84 Å². The molecule has 0 heterocycles. The molecule has 18 heavy (non-hydrogen) atoms. The van der Waals surface area contributed by atoms with Crippen LogP contribution in [0, 0.1) is 6.92 Å². The second kappa shape index (κ2) is 7.37. The summed E-state index contributed by atoms with van der Waals surface area (Å²) < 4.78 is 5.14. The SMILES string of the molecule is C=C(C)Nc1ccc(C)c(C(=O)O)c1OC.CC. The van der Waals surface area contributed by atoms with Crippen LogP contribution in [0.3, 0.4) is 0 Å². The maximum absolute atomic E-state index is 11.1. The van der Waals surface area contributed by atoms with Crippen molar-refractivity contribution in [2.24, 2.45) is 0 Å². The molecule has 1 aromatic rings. The Hall–Kier alpha value is -1.97. The van der Waals surface area contributed by atoms with E-state index in [1.54, 1.807) is 26.0 Å². The molecule has 0 fully saturated rings. The van der Waals surface area contributed by atoms with Crippen LogP contribution < -0.4 is 10.1 Å². The Bertz CT molecular complexity index is 439. The van der Waals surface area contributed by atoms with Gasteiger partial charge in [0.25, 0.3) is 0 Å². The van der Waals surface area contributed by atoms with E-state index in [-0.39, 0.29) is 5.56 Å². The Morgan fingerprint density at radius 3 is 2.33 bits per heavy atom. The van der Waals surface area contributed by atoms with Crippen molar-refractivity contribution in [2.45, 2.75) is 27.7 Å². The summed E-state index contributed by atoms with van der Waals surface area (Å²) in [5, 5.41) is 12.1. The van der Waals surface area contributed by atoms with Gasteiger partial charge in [-0.1, -0.05) is 26.5 Å². The number of hydrogen-bond donors (Lipinski definition) is 2. The number of ether oxygens (including phenoxy) is 1. The number of carboxylic acid groups (broad SMARTS) is 1. The molecule has 0 unspecified atom stereocenters. The van der Waals surface area contributed by atoms with Gasteiger partial charge in [0.15, 0.2) is 5.75 Å². The average molecular weight is 251 g/mol. The molecule has 0 aliphatic rings. The second-order valence-electron chi connectivity index (χ2n) is 3.55. The lowest BCUT2D eigenvalue weighted by molar-refractivity contribution is 0.0692. The molecule has 0 spiro atoms. The van der Waals surface area contributed by atoms with Gasteiger partial charge >= 0.3 is 5.97 Å². The zero-order valence-electron chi connectivity index (χ0n) is 11.6. The molecule has 4 nitrogen and oxygen atoms in total. The molecule has 4 heteroatoms. The number of carbonyl (C=O) groups is 1.